The summed E-state index contributed by atoms with van der Waals surface area (Å²) in [5.74, 6) is -1.60. The average molecular weight is 212 g/mol. The molecule has 1 aromatic rings. The molecule has 0 amide bonds. The molecular weight excluding hydrogens is 200 g/mol. The third-order valence-electron chi connectivity index (χ3n) is 1.77. The van der Waals surface area contributed by atoms with Gasteiger partial charge in [-0.2, -0.15) is 0 Å². The van der Waals surface area contributed by atoms with Gasteiger partial charge in [0.05, 0.1) is 6.61 Å². The minimum atomic E-state index is -1.18. The van der Waals surface area contributed by atoms with Crippen molar-refractivity contribution < 1.29 is 23.8 Å². The molecule has 1 aromatic heterocycles. The lowest BCUT2D eigenvalue weighted by Gasteiger charge is -1.97. The van der Waals surface area contributed by atoms with Gasteiger partial charge in [-0.3, -0.25) is 4.79 Å². The molecule has 1 N–H and O–H groups in total. The van der Waals surface area contributed by atoms with Crippen LogP contribution in [0.5, 0.6) is 0 Å². The Morgan fingerprint density at radius 3 is 2.60 bits per heavy atom. The molecule has 5 heteroatoms. The zero-order valence-corrected chi connectivity index (χ0v) is 8.36. The van der Waals surface area contributed by atoms with E-state index in [0.29, 0.717) is 13.2 Å². The molecule has 0 aliphatic rings. The topological polar surface area (TPSA) is 76.7 Å². The third-order valence-corrected chi connectivity index (χ3v) is 1.77. The van der Waals surface area contributed by atoms with Crippen molar-refractivity contribution in [3.63, 3.8) is 0 Å². The Morgan fingerprint density at radius 1 is 1.40 bits per heavy atom. The number of carboxylic acid groups (broad SMARTS) is 1. The Hall–Kier alpha value is -1.62. The zero-order valence-electron chi connectivity index (χ0n) is 8.36. The van der Waals surface area contributed by atoms with E-state index in [1.807, 2.05) is 6.92 Å². The van der Waals surface area contributed by atoms with Crippen LogP contribution in [0.15, 0.2) is 16.5 Å². The van der Waals surface area contributed by atoms with Gasteiger partial charge in [0, 0.05) is 13.0 Å². The number of aromatic carboxylic acids is 1. The van der Waals surface area contributed by atoms with Crippen molar-refractivity contribution >= 4 is 11.8 Å². The van der Waals surface area contributed by atoms with E-state index < -0.39 is 5.97 Å². The molecule has 1 heterocycles. The van der Waals surface area contributed by atoms with E-state index in [0.717, 1.165) is 0 Å². The van der Waals surface area contributed by atoms with Crippen LogP contribution in [-0.4, -0.2) is 30.1 Å². The van der Waals surface area contributed by atoms with Gasteiger partial charge in [-0.1, -0.05) is 0 Å². The molecule has 0 bridgehead atoms. The average Bonchev–Trinajstić information content (AvgIpc) is 2.66. The van der Waals surface area contributed by atoms with Crippen LogP contribution in [0.25, 0.3) is 0 Å². The quantitative estimate of drug-likeness (QED) is 0.572. The summed E-state index contributed by atoms with van der Waals surface area (Å²) < 4.78 is 9.83. The largest absolute Gasteiger partial charge is 0.475 e. The van der Waals surface area contributed by atoms with Crippen LogP contribution in [0, 0.1) is 0 Å². The summed E-state index contributed by atoms with van der Waals surface area (Å²) in [6.45, 7) is 2.70. The molecule has 82 valence electrons. The fraction of sp³-hybridized carbons (Fsp3) is 0.400. The SMILES string of the molecule is CCOCCC(=O)c1ccc(C(=O)O)o1. The van der Waals surface area contributed by atoms with E-state index in [1.165, 1.54) is 12.1 Å². The Balaban J connectivity index is 2.54. The van der Waals surface area contributed by atoms with Crippen molar-refractivity contribution in [1.29, 1.82) is 0 Å². The summed E-state index contributed by atoms with van der Waals surface area (Å²) in [4.78, 5) is 21.9. The summed E-state index contributed by atoms with van der Waals surface area (Å²) in [7, 11) is 0. The van der Waals surface area contributed by atoms with Crippen molar-refractivity contribution in [3.05, 3.63) is 23.7 Å². The number of ether oxygens (including phenoxy) is 1. The van der Waals surface area contributed by atoms with Gasteiger partial charge in [0.25, 0.3) is 0 Å². The minimum absolute atomic E-state index is 0.0621. The van der Waals surface area contributed by atoms with E-state index in [1.54, 1.807) is 0 Å². The van der Waals surface area contributed by atoms with Crippen molar-refractivity contribution in [2.24, 2.45) is 0 Å². The molecule has 0 spiro atoms. The lowest BCUT2D eigenvalue weighted by molar-refractivity contribution is 0.0659. The number of hydrogen-bond donors (Lipinski definition) is 1. The molecule has 0 saturated heterocycles. The number of rotatable bonds is 6. The van der Waals surface area contributed by atoms with Crippen LogP contribution in [0.1, 0.15) is 34.5 Å². The molecule has 0 atom stereocenters. The standard InChI is InChI=1S/C10H12O5/c1-2-14-6-5-7(11)8-3-4-9(15-8)10(12)13/h3-4H,2,5-6H2,1H3,(H,12,13). The number of carboxylic acids is 1. The number of furan rings is 1. The molecule has 0 fully saturated rings. The van der Waals surface area contributed by atoms with Gasteiger partial charge in [-0.15, -0.1) is 0 Å². The molecule has 0 saturated carbocycles. The second-order valence-corrected chi connectivity index (χ2v) is 2.84. The number of ketones is 1. The van der Waals surface area contributed by atoms with E-state index >= 15 is 0 Å². The van der Waals surface area contributed by atoms with Crippen molar-refractivity contribution in [1.82, 2.24) is 0 Å². The molecule has 0 aliphatic carbocycles. The van der Waals surface area contributed by atoms with Gasteiger partial charge in [0.1, 0.15) is 0 Å². The van der Waals surface area contributed by atoms with Gasteiger partial charge in [-0.25, -0.2) is 4.79 Å². The lowest BCUT2D eigenvalue weighted by Crippen LogP contribution is -2.03. The maximum absolute atomic E-state index is 11.4. The first-order chi connectivity index (χ1) is 7.15. The van der Waals surface area contributed by atoms with Gasteiger partial charge < -0.3 is 14.3 Å². The summed E-state index contributed by atoms with van der Waals surface area (Å²) in [5, 5.41) is 8.56. The Kier molecular flexibility index (Phi) is 4.05. The molecule has 5 nitrogen and oxygen atoms in total. The molecule has 0 aromatic carbocycles. The van der Waals surface area contributed by atoms with Crippen LogP contribution in [0.4, 0.5) is 0 Å². The minimum Gasteiger partial charge on any atom is -0.475 e. The van der Waals surface area contributed by atoms with Crippen LogP contribution >= 0.6 is 0 Å². The van der Waals surface area contributed by atoms with Gasteiger partial charge in [-0.05, 0) is 19.1 Å². The highest BCUT2D eigenvalue weighted by Gasteiger charge is 2.14. The third kappa shape index (κ3) is 3.21. The van der Waals surface area contributed by atoms with Gasteiger partial charge >= 0.3 is 5.97 Å². The van der Waals surface area contributed by atoms with Crippen LogP contribution < -0.4 is 0 Å². The first-order valence-electron chi connectivity index (χ1n) is 4.59. The fourth-order valence-electron chi connectivity index (χ4n) is 1.04. The summed E-state index contributed by atoms with van der Waals surface area (Å²) in [6, 6.07) is 2.62. The molecule has 1 rings (SSSR count). The predicted octanol–water partition coefficient (Wildman–Crippen LogP) is 1.59. The molecule has 15 heavy (non-hydrogen) atoms. The molecular formula is C10H12O5. The maximum atomic E-state index is 11.4. The second-order valence-electron chi connectivity index (χ2n) is 2.84. The van der Waals surface area contributed by atoms with Crippen LogP contribution in [0.3, 0.4) is 0 Å². The normalized spacial score (nSPS) is 10.2. The van der Waals surface area contributed by atoms with Gasteiger partial charge in [0.2, 0.25) is 5.76 Å². The van der Waals surface area contributed by atoms with E-state index in [2.05, 4.69) is 0 Å². The highest BCUT2D eigenvalue weighted by Crippen LogP contribution is 2.10. The molecule has 0 unspecified atom stereocenters. The fourth-order valence-corrected chi connectivity index (χ4v) is 1.04. The van der Waals surface area contributed by atoms with E-state index in [9.17, 15) is 9.59 Å². The highest BCUT2D eigenvalue weighted by molar-refractivity contribution is 5.95. The Morgan fingerprint density at radius 2 is 2.07 bits per heavy atom. The highest BCUT2D eigenvalue weighted by atomic mass is 16.5. The number of carbonyl (C=O) groups excluding carboxylic acids is 1. The first kappa shape index (κ1) is 11.5. The lowest BCUT2D eigenvalue weighted by atomic mass is 10.2. The summed E-state index contributed by atoms with van der Waals surface area (Å²) in [6.07, 6.45) is 0.195. The summed E-state index contributed by atoms with van der Waals surface area (Å²) in [5.41, 5.74) is 0. The Labute approximate surface area is 86.6 Å². The van der Waals surface area contributed by atoms with Crippen molar-refractivity contribution in [2.45, 2.75) is 13.3 Å². The predicted molar refractivity (Wildman–Crippen MR) is 51.1 cm³/mol. The second kappa shape index (κ2) is 5.31. The maximum Gasteiger partial charge on any atom is 0.371 e. The van der Waals surface area contributed by atoms with E-state index in [-0.39, 0.29) is 23.7 Å². The number of carbonyl (C=O) groups is 2. The smallest absolute Gasteiger partial charge is 0.371 e. The number of hydrogen-bond acceptors (Lipinski definition) is 4. The van der Waals surface area contributed by atoms with Crippen LogP contribution in [-0.2, 0) is 4.74 Å². The summed E-state index contributed by atoms with van der Waals surface area (Å²) >= 11 is 0. The number of Topliss-reactive ketones (excluding diaryl/α,β-unsaturated/α-hetero) is 1. The van der Waals surface area contributed by atoms with Crippen molar-refractivity contribution in [2.75, 3.05) is 13.2 Å². The van der Waals surface area contributed by atoms with Crippen molar-refractivity contribution in [3.8, 4) is 0 Å². The van der Waals surface area contributed by atoms with E-state index in [4.69, 9.17) is 14.3 Å². The Bertz CT molecular complexity index is 352. The monoisotopic (exact) mass is 212 g/mol. The zero-order chi connectivity index (χ0) is 11.3. The van der Waals surface area contributed by atoms with Gasteiger partial charge in [0.15, 0.2) is 11.5 Å². The molecule has 0 radical (unpaired) electrons. The molecule has 0 aliphatic heterocycles. The first-order valence-corrected chi connectivity index (χ1v) is 4.59. The van der Waals surface area contributed by atoms with Crippen LogP contribution in [0.2, 0.25) is 0 Å².